The molecule has 0 aliphatic rings. The molecule has 1 aromatic rings. The van der Waals surface area contributed by atoms with Gasteiger partial charge in [0.25, 0.3) is 0 Å². The van der Waals surface area contributed by atoms with Crippen molar-refractivity contribution < 1.29 is 10.2 Å². The Balaban J connectivity index is 1.99. The molecule has 0 aromatic heterocycles. The summed E-state index contributed by atoms with van der Waals surface area (Å²) >= 11 is 0. The van der Waals surface area contributed by atoms with Gasteiger partial charge in [0, 0.05) is 5.56 Å². The fourth-order valence-electron chi connectivity index (χ4n) is 3.07. The third kappa shape index (κ3) is 9.12. The summed E-state index contributed by atoms with van der Waals surface area (Å²) in [5.41, 5.74) is 1.78. The number of hydrogen-bond donors (Lipinski definition) is 2. The van der Waals surface area contributed by atoms with Gasteiger partial charge in [-0.1, -0.05) is 69.7 Å². The molecule has 1 aromatic carbocycles. The van der Waals surface area contributed by atoms with Gasteiger partial charge >= 0.3 is 0 Å². The Hall–Kier alpha value is -1.28. The zero-order valence-electron chi connectivity index (χ0n) is 15.5. The minimum absolute atomic E-state index is 0.0766. The summed E-state index contributed by atoms with van der Waals surface area (Å²) in [6.45, 7) is 2.18. The van der Waals surface area contributed by atoms with Crippen molar-refractivity contribution in [3.8, 4) is 5.75 Å². The fourth-order valence-corrected chi connectivity index (χ4v) is 3.07. The van der Waals surface area contributed by atoms with Crippen molar-refractivity contribution in [2.45, 2.75) is 90.6 Å². The average Bonchev–Trinajstić information content (AvgIpc) is 2.59. The summed E-state index contributed by atoms with van der Waals surface area (Å²) in [6, 6.07) is 5.52. The van der Waals surface area contributed by atoms with E-state index in [-0.39, 0.29) is 12.4 Å². The standard InChI is InChI=1S/C22H36O2/c1-2-3-4-5-6-7-8-9-10-11-12-13-14-16-20-17-15-18-22(24)21(20)19-23/h7-8,15,17-18,23-24H,2-6,9-14,16,19H2,1H3. The quantitative estimate of drug-likeness (QED) is 0.310. The molecule has 0 saturated carbocycles. The minimum Gasteiger partial charge on any atom is -0.508 e. The molecule has 24 heavy (non-hydrogen) atoms. The third-order valence-corrected chi connectivity index (χ3v) is 4.61. The molecule has 0 bridgehead atoms. The molecule has 0 spiro atoms. The van der Waals surface area contributed by atoms with Crippen LogP contribution in [0.5, 0.6) is 5.75 Å². The van der Waals surface area contributed by atoms with Crippen molar-refractivity contribution in [3.63, 3.8) is 0 Å². The number of rotatable bonds is 14. The van der Waals surface area contributed by atoms with Gasteiger partial charge in [-0.25, -0.2) is 0 Å². The second-order valence-corrected chi connectivity index (χ2v) is 6.70. The zero-order chi connectivity index (χ0) is 17.5. The molecule has 1 rings (SSSR count). The van der Waals surface area contributed by atoms with Gasteiger partial charge in [-0.3, -0.25) is 0 Å². The topological polar surface area (TPSA) is 40.5 Å². The van der Waals surface area contributed by atoms with Gasteiger partial charge in [0.15, 0.2) is 0 Å². The first kappa shape index (κ1) is 20.8. The molecule has 136 valence electrons. The number of phenols is 1. The van der Waals surface area contributed by atoms with Crippen molar-refractivity contribution in [1.82, 2.24) is 0 Å². The molecule has 0 aliphatic heterocycles. The maximum absolute atomic E-state index is 9.73. The van der Waals surface area contributed by atoms with Crippen LogP contribution in [-0.4, -0.2) is 10.2 Å². The van der Waals surface area contributed by atoms with E-state index in [1.165, 1.54) is 64.2 Å². The lowest BCUT2D eigenvalue weighted by molar-refractivity contribution is 0.274. The van der Waals surface area contributed by atoms with E-state index in [0.717, 1.165) is 18.4 Å². The normalized spacial score (nSPS) is 11.4. The summed E-state index contributed by atoms with van der Waals surface area (Å²) < 4.78 is 0. The molecular weight excluding hydrogens is 296 g/mol. The molecule has 0 amide bonds. The van der Waals surface area contributed by atoms with Crippen LogP contribution in [0, 0.1) is 0 Å². The fraction of sp³-hybridized carbons (Fsp3) is 0.636. The van der Waals surface area contributed by atoms with Crippen molar-refractivity contribution in [1.29, 1.82) is 0 Å². The molecular formula is C22H36O2. The minimum atomic E-state index is -0.0766. The second kappa shape index (κ2) is 14.1. The second-order valence-electron chi connectivity index (χ2n) is 6.70. The molecule has 0 atom stereocenters. The number of unbranched alkanes of at least 4 members (excludes halogenated alkanes) is 9. The molecule has 0 aliphatic carbocycles. The number of allylic oxidation sites excluding steroid dienone is 2. The average molecular weight is 333 g/mol. The molecule has 2 heteroatoms. The highest BCUT2D eigenvalue weighted by Gasteiger charge is 2.05. The van der Waals surface area contributed by atoms with Crippen LogP contribution in [0.4, 0.5) is 0 Å². The smallest absolute Gasteiger partial charge is 0.121 e. The highest BCUT2D eigenvalue weighted by Crippen LogP contribution is 2.22. The Morgan fingerprint density at radius 1 is 0.833 bits per heavy atom. The van der Waals surface area contributed by atoms with Crippen molar-refractivity contribution in [2.24, 2.45) is 0 Å². The maximum Gasteiger partial charge on any atom is 0.121 e. The lowest BCUT2D eigenvalue weighted by Crippen LogP contribution is -1.95. The van der Waals surface area contributed by atoms with E-state index < -0.39 is 0 Å². The third-order valence-electron chi connectivity index (χ3n) is 4.61. The van der Waals surface area contributed by atoms with Gasteiger partial charge in [0.05, 0.1) is 6.61 Å². The monoisotopic (exact) mass is 332 g/mol. The molecule has 0 heterocycles. The summed E-state index contributed by atoms with van der Waals surface area (Å²) in [6.07, 6.45) is 19.7. The Labute approximate surface area is 148 Å². The Morgan fingerprint density at radius 2 is 1.46 bits per heavy atom. The van der Waals surface area contributed by atoms with Crippen LogP contribution in [0.2, 0.25) is 0 Å². The molecule has 0 unspecified atom stereocenters. The predicted octanol–water partition coefficient (Wildman–Crippen LogP) is 6.29. The van der Waals surface area contributed by atoms with Crippen LogP contribution in [-0.2, 0) is 13.0 Å². The molecule has 0 radical (unpaired) electrons. The van der Waals surface area contributed by atoms with E-state index >= 15 is 0 Å². The SMILES string of the molecule is CCCCCCC=CCCCCCCCc1cccc(O)c1CO. The summed E-state index contributed by atoms with van der Waals surface area (Å²) in [5, 5.41) is 19.1. The van der Waals surface area contributed by atoms with E-state index in [0.29, 0.717) is 5.56 Å². The van der Waals surface area contributed by atoms with Crippen LogP contribution in [0.1, 0.15) is 88.7 Å². The van der Waals surface area contributed by atoms with Gasteiger partial charge in [-0.05, 0) is 50.2 Å². The van der Waals surface area contributed by atoms with Crippen molar-refractivity contribution in [2.75, 3.05) is 0 Å². The van der Waals surface area contributed by atoms with Gasteiger partial charge in [0.2, 0.25) is 0 Å². The van der Waals surface area contributed by atoms with Gasteiger partial charge < -0.3 is 10.2 Å². The van der Waals surface area contributed by atoms with Crippen molar-refractivity contribution >= 4 is 0 Å². The highest BCUT2D eigenvalue weighted by molar-refractivity contribution is 5.38. The first-order valence-corrected chi connectivity index (χ1v) is 9.85. The zero-order valence-corrected chi connectivity index (χ0v) is 15.5. The van der Waals surface area contributed by atoms with Crippen LogP contribution >= 0.6 is 0 Å². The first-order valence-electron chi connectivity index (χ1n) is 9.85. The van der Waals surface area contributed by atoms with E-state index in [4.69, 9.17) is 0 Å². The number of benzene rings is 1. The maximum atomic E-state index is 9.73. The number of aryl methyl sites for hydroxylation is 1. The highest BCUT2D eigenvalue weighted by atomic mass is 16.3. The number of aliphatic hydroxyl groups is 1. The molecule has 2 nitrogen and oxygen atoms in total. The lowest BCUT2D eigenvalue weighted by atomic mass is 10.00. The first-order chi connectivity index (χ1) is 11.8. The molecule has 2 N–H and O–H groups in total. The van der Waals surface area contributed by atoms with E-state index in [9.17, 15) is 10.2 Å². The lowest BCUT2D eigenvalue weighted by Gasteiger charge is -2.09. The molecule has 0 fully saturated rings. The van der Waals surface area contributed by atoms with Gasteiger partial charge in [0.1, 0.15) is 5.75 Å². The summed E-state index contributed by atoms with van der Waals surface area (Å²) in [7, 11) is 0. The number of hydrogen-bond acceptors (Lipinski definition) is 2. The number of aromatic hydroxyl groups is 1. The van der Waals surface area contributed by atoms with Crippen molar-refractivity contribution in [3.05, 3.63) is 41.5 Å². The van der Waals surface area contributed by atoms with Crippen LogP contribution in [0.3, 0.4) is 0 Å². The predicted molar refractivity (Wildman–Crippen MR) is 103 cm³/mol. The van der Waals surface area contributed by atoms with Crippen LogP contribution in [0.25, 0.3) is 0 Å². The van der Waals surface area contributed by atoms with E-state index in [1.54, 1.807) is 6.07 Å². The Bertz CT molecular complexity index is 451. The van der Waals surface area contributed by atoms with Crippen LogP contribution in [0.15, 0.2) is 30.4 Å². The number of aliphatic hydroxyl groups excluding tert-OH is 1. The Kier molecular flexibility index (Phi) is 12.2. The van der Waals surface area contributed by atoms with Gasteiger partial charge in [-0.15, -0.1) is 0 Å². The molecule has 0 saturated heterocycles. The van der Waals surface area contributed by atoms with E-state index in [1.807, 2.05) is 12.1 Å². The summed E-state index contributed by atoms with van der Waals surface area (Å²) in [5.74, 6) is 0.219. The largest absolute Gasteiger partial charge is 0.508 e. The van der Waals surface area contributed by atoms with Gasteiger partial charge in [-0.2, -0.15) is 0 Å². The van der Waals surface area contributed by atoms with E-state index in [2.05, 4.69) is 19.1 Å². The summed E-state index contributed by atoms with van der Waals surface area (Å²) in [4.78, 5) is 0. The van der Waals surface area contributed by atoms with Crippen LogP contribution < -0.4 is 0 Å². The Morgan fingerprint density at radius 3 is 2.12 bits per heavy atom.